The highest BCUT2D eigenvalue weighted by molar-refractivity contribution is 7.99. The Bertz CT molecular complexity index is 345. The zero-order valence-electron chi connectivity index (χ0n) is 9.16. The molecule has 0 aliphatic carbocycles. The molecular weight excluding hydrogens is 248 g/mol. The molecule has 1 unspecified atom stereocenters. The van der Waals surface area contributed by atoms with Gasteiger partial charge in [-0.1, -0.05) is 11.8 Å². The van der Waals surface area contributed by atoms with Crippen LogP contribution in [0, 0.1) is 0 Å². The lowest BCUT2D eigenvalue weighted by Gasteiger charge is -2.11. The third-order valence-electron chi connectivity index (χ3n) is 1.94. The maximum atomic E-state index is 10.4. The first-order valence-electron chi connectivity index (χ1n) is 4.76. The monoisotopic (exact) mass is 262 g/mol. The molecule has 90 valence electrons. The normalized spacial score (nSPS) is 12.6. The Balaban J connectivity index is 2.58. The van der Waals surface area contributed by atoms with E-state index in [1.165, 1.54) is 0 Å². The zero-order chi connectivity index (χ0) is 12.0. The first-order chi connectivity index (χ1) is 7.65. The second-order valence-corrected chi connectivity index (χ2v) is 5.15. The maximum absolute atomic E-state index is 10.4. The predicted octanol–water partition coefficient (Wildman–Crippen LogP) is 1.16. The van der Waals surface area contributed by atoms with Crippen LogP contribution in [0.5, 0.6) is 0 Å². The third kappa shape index (κ3) is 4.01. The number of hydrogen-bond donors (Lipinski definition) is 1. The van der Waals surface area contributed by atoms with Crippen LogP contribution in [-0.2, 0) is 4.79 Å². The molecule has 0 amide bonds. The van der Waals surface area contributed by atoms with Crippen LogP contribution in [0.15, 0.2) is 5.16 Å². The Hall–Kier alpha value is -0.760. The van der Waals surface area contributed by atoms with Crippen molar-refractivity contribution >= 4 is 29.5 Å². The second-order valence-electron chi connectivity index (χ2n) is 3.22. The minimum atomic E-state index is -0.865. The van der Waals surface area contributed by atoms with Gasteiger partial charge in [0.05, 0.1) is 11.8 Å². The number of thioether (sulfide) groups is 2. The number of carbonyl (C=O) groups is 1. The molecule has 6 nitrogen and oxygen atoms in total. The van der Waals surface area contributed by atoms with Crippen LogP contribution in [0.2, 0.25) is 0 Å². The fourth-order valence-electron chi connectivity index (χ4n) is 1.09. The average Bonchev–Trinajstić information content (AvgIpc) is 2.71. The molecular formula is C8H14N4O2S2. The number of tetrazole rings is 1. The highest BCUT2D eigenvalue weighted by atomic mass is 32.2. The van der Waals surface area contributed by atoms with Gasteiger partial charge in [0.1, 0.15) is 0 Å². The number of aromatic nitrogens is 4. The average molecular weight is 262 g/mol. The molecule has 0 radical (unpaired) electrons. The van der Waals surface area contributed by atoms with E-state index in [0.29, 0.717) is 5.16 Å². The van der Waals surface area contributed by atoms with Gasteiger partial charge >= 0.3 is 5.97 Å². The smallest absolute Gasteiger partial charge is 0.313 e. The highest BCUT2D eigenvalue weighted by Gasteiger charge is 2.14. The standard InChI is InChI=1S/C8H14N4O2S2/c1-6(3-4-15-2)12-8(9-10-11-12)16-5-7(13)14/h6H,3-5H2,1-2H3,(H,13,14). The van der Waals surface area contributed by atoms with E-state index in [0.717, 1.165) is 23.9 Å². The first kappa shape index (κ1) is 13.3. The molecule has 1 aromatic rings. The van der Waals surface area contributed by atoms with Crippen molar-refractivity contribution in [2.24, 2.45) is 0 Å². The lowest BCUT2D eigenvalue weighted by atomic mass is 10.3. The van der Waals surface area contributed by atoms with Gasteiger partial charge in [-0.2, -0.15) is 11.8 Å². The Morgan fingerprint density at radius 3 is 3.00 bits per heavy atom. The lowest BCUT2D eigenvalue weighted by molar-refractivity contribution is -0.133. The molecule has 0 aliphatic heterocycles. The Labute approximate surface area is 102 Å². The number of carboxylic acid groups (broad SMARTS) is 1. The zero-order valence-corrected chi connectivity index (χ0v) is 10.8. The van der Waals surface area contributed by atoms with Crippen LogP contribution in [0.4, 0.5) is 0 Å². The van der Waals surface area contributed by atoms with E-state index >= 15 is 0 Å². The molecule has 8 heteroatoms. The molecule has 0 fully saturated rings. The van der Waals surface area contributed by atoms with Gasteiger partial charge in [0.15, 0.2) is 0 Å². The number of hydrogen-bond acceptors (Lipinski definition) is 6. The van der Waals surface area contributed by atoms with Gasteiger partial charge in [0.2, 0.25) is 5.16 Å². The molecule has 0 saturated carbocycles. The Kier molecular flexibility index (Phi) is 5.61. The van der Waals surface area contributed by atoms with E-state index in [4.69, 9.17) is 5.11 Å². The molecule has 1 rings (SSSR count). The largest absolute Gasteiger partial charge is 0.481 e. The number of aliphatic carboxylic acids is 1. The van der Waals surface area contributed by atoms with Crippen molar-refractivity contribution in [2.75, 3.05) is 17.8 Å². The maximum Gasteiger partial charge on any atom is 0.313 e. The minimum Gasteiger partial charge on any atom is -0.481 e. The molecule has 0 saturated heterocycles. The molecule has 1 N–H and O–H groups in total. The number of nitrogens with zero attached hydrogens (tertiary/aromatic N) is 4. The van der Waals surface area contributed by atoms with Crippen LogP contribution in [0.3, 0.4) is 0 Å². The molecule has 0 aromatic carbocycles. The summed E-state index contributed by atoms with van der Waals surface area (Å²) in [5.41, 5.74) is 0. The van der Waals surface area contributed by atoms with Crippen LogP contribution in [-0.4, -0.2) is 49.0 Å². The molecule has 1 atom stereocenters. The second kappa shape index (κ2) is 6.74. The van der Waals surface area contributed by atoms with Crippen molar-refractivity contribution in [2.45, 2.75) is 24.5 Å². The van der Waals surface area contributed by atoms with Gasteiger partial charge in [0.25, 0.3) is 0 Å². The minimum absolute atomic E-state index is 0.0182. The summed E-state index contributed by atoms with van der Waals surface area (Å²) in [6.45, 7) is 2.03. The molecule has 0 bridgehead atoms. The van der Waals surface area contributed by atoms with Gasteiger partial charge in [-0.3, -0.25) is 4.79 Å². The fourth-order valence-corrected chi connectivity index (χ4v) is 2.37. The highest BCUT2D eigenvalue weighted by Crippen LogP contribution is 2.20. The van der Waals surface area contributed by atoms with Gasteiger partial charge in [-0.25, -0.2) is 4.68 Å². The van der Waals surface area contributed by atoms with E-state index in [9.17, 15) is 4.79 Å². The summed E-state index contributed by atoms with van der Waals surface area (Å²) < 4.78 is 1.68. The summed E-state index contributed by atoms with van der Waals surface area (Å²) in [5.74, 6) is 0.149. The van der Waals surface area contributed by atoms with Crippen molar-refractivity contribution in [3.63, 3.8) is 0 Å². The van der Waals surface area contributed by atoms with E-state index in [1.54, 1.807) is 16.4 Å². The quantitative estimate of drug-likeness (QED) is 0.738. The summed E-state index contributed by atoms with van der Waals surface area (Å²) in [4.78, 5) is 10.4. The van der Waals surface area contributed by atoms with Crippen LogP contribution >= 0.6 is 23.5 Å². The topological polar surface area (TPSA) is 80.9 Å². The fraction of sp³-hybridized carbons (Fsp3) is 0.750. The van der Waals surface area contributed by atoms with Crippen molar-refractivity contribution in [1.82, 2.24) is 20.2 Å². The van der Waals surface area contributed by atoms with Gasteiger partial charge in [-0.05, 0) is 35.8 Å². The molecule has 16 heavy (non-hydrogen) atoms. The molecule has 1 heterocycles. The van der Waals surface area contributed by atoms with E-state index < -0.39 is 5.97 Å². The summed E-state index contributed by atoms with van der Waals surface area (Å²) in [7, 11) is 0. The van der Waals surface area contributed by atoms with Crippen molar-refractivity contribution in [3.05, 3.63) is 0 Å². The van der Waals surface area contributed by atoms with Crippen molar-refractivity contribution in [3.8, 4) is 0 Å². The first-order valence-corrected chi connectivity index (χ1v) is 7.14. The van der Waals surface area contributed by atoms with Gasteiger partial charge in [-0.15, -0.1) is 5.10 Å². The molecule has 0 spiro atoms. The molecule has 1 aromatic heterocycles. The predicted molar refractivity (Wildman–Crippen MR) is 63.9 cm³/mol. The summed E-state index contributed by atoms with van der Waals surface area (Å²) in [5, 5.41) is 20.4. The van der Waals surface area contributed by atoms with Crippen LogP contribution in [0.25, 0.3) is 0 Å². The van der Waals surface area contributed by atoms with E-state index in [-0.39, 0.29) is 11.8 Å². The Morgan fingerprint density at radius 1 is 1.62 bits per heavy atom. The van der Waals surface area contributed by atoms with Gasteiger partial charge in [0, 0.05) is 0 Å². The van der Waals surface area contributed by atoms with Crippen molar-refractivity contribution in [1.29, 1.82) is 0 Å². The number of rotatable bonds is 7. The van der Waals surface area contributed by atoms with Crippen molar-refractivity contribution < 1.29 is 9.90 Å². The van der Waals surface area contributed by atoms with Crippen LogP contribution in [0.1, 0.15) is 19.4 Å². The third-order valence-corrected chi connectivity index (χ3v) is 3.51. The van der Waals surface area contributed by atoms with E-state index in [1.807, 2.05) is 13.2 Å². The van der Waals surface area contributed by atoms with Crippen LogP contribution < -0.4 is 0 Å². The Morgan fingerprint density at radius 2 is 2.38 bits per heavy atom. The molecule has 0 aliphatic rings. The SMILES string of the molecule is CSCCC(C)n1nnnc1SCC(=O)O. The summed E-state index contributed by atoms with van der Waals surface area (Å²) in [6.07, 6.45) is 3.01. The summed E-state index contributed by atoms with van der Waals surface area (Å²) in [6, 6.07) is 0.193. The lowest BCUT2D eigenvalue weighted by Crippen LogP contribution is -2.10. The van der Waals surface area contributed by atoms with E-state index in [2.05, 4.69) is 15.5 Å². The van der Waals surface area contributed by atoms with Gasteiger partial charge < -0.3 is 5.11 Å². The number of carboxylic acids is 1. The summed E-state index contributed by atoms with van der Waals surface area (Å²) >= 11 is 2.91.